The molecule has 1 aromatic carbocycles. The minimum atomic E-state index is -3.35. The predicted molar refractivity (Wildman–Crippen MR) is 95.0 cm³/mol. The normalized spacial score (nSPS) is 11.4. The van der Waals surface area contributed by atoms with Crippen molar-refractivity contribution in [1.29, 1.82) is 0 Å². The van der Waals surface area contributed by atoms with Gasteiger partial charge in [0.2, 0.25) is 11.0 Å². The molecule has 0 aliphatic carbocycles. The fraction of sp³-hybridized carbons (Fsp3) is 0.438. The predicted octanol–water partition coefficient (Wildman–Crippen LogP) is 2.99. The average molecular weight is 367 g/mol. The summed E-state index contributed by atoms with van der Waals surface area (Å²) < 4.78 is 24.6. The minimum Gasteiger partial charge on any atom is -0.301 e. The molecule has 1 amide bonds. The Kier molecular flexibility index (Phi) is 6.44. The van der Waals surface area contributed by atoms with Crippen LogP contribution < -0.4 is 5.32 Å². The molecule has 1 heterocycles. The largest absolute Gasteiger partial charge is 0.301 e. The van der Waals surface area contributed by atoms with Gasteiger partial charge in [0.05, 0.1) is 10.6 Å². The van der Waals surface area contributed by atoms with E-state index < -0.39 is 9.84 Å². The number of rotatable bonds is 8. The topological polar surface area (TPSA) is 89.0 Å². The molecule has 130 valence electrons. The molecule has 0 radical (unpaired) electrons. The molecule has 0 fully saturated rings. The number of unbranched alkanes of at least 4 members (excludes halogenated alkanes) is 1. The number of hydrogen-bond donors (Lipinski definition) is 1. The standard InChI is InChI=1S/C16H21N3O3S2/c1-3-4-5-14(20)17-16-19-18-15(23-16)10-11-24(21,22)13-8-6-12(2)7-9-13/h6-9H,3-5,10-11H2,1-2H3,(H,17,19,20). The number of amides is 1. The lowest BCUT2D eigenvalue weighted by Gasteiger charge is -2.03. The maximum absolute atomic E-state index is 12.3. The molecule has 8 heteroatoms. The average Bonchev–Trinajstić information content (AvgIpc) is 2.99. The third-order valence-electron chi connectivity index (χ3n) is 3.44. The van der Waals surface area contributed by atoms with Crippen LogP contribution in [0.15, 0.2) is 29.2 Å². The van der Waals surface area contributed by atoms with Gasteiger partial charge in [0, 0.05) is 12.8 Å². The summed E-state index contributed by atoms with van der Waals surface area (Å²) >= 11 is 1.21. The number of aromatic nitrogens is 2. The Labute approximate surface area is 146 Å². The number of nitrogens with zero attached hydrogens (tertiary/aromatic N) is 2. The van der Waals surface area contributed by atoms with Crippen molar-refractivity contribution >= 4 is 32.2 Å². The number of carbonyl (C=O) groups is 1. The highest BCUT2D eigenvalue weighted by Gasteiger charge is 2.16. The van der Waals surface area contributed by atoms with Crippen molar-refractivity contribution in [3.63, 3.8) is 0 Å². The van der Waals surface area contributed by atoms with Crippen LogP contribution in [0.1, 0.15) is 36.8 Å². The summed E-state index contributed by atoms with van der Waals surface area (Å²) in [6, 6.07) is 6.79. The second-order valence-corrected chi connectivity index (χ2v) is 8.71. The number of hydrogen-bond acceptors (Lipinski definition) is 6. The minimum absolute atomic E-state index is 0.0333. The van der Waals surface area contributed by atoms with Crippen LogP contribution >= 0.6 is 11.3 Å². The van der Waals surface area contributed by atoms with Crippen molar-refractivity contribution in [1.82, 2.24) is 10.2 Å². The molecule has 6 nitrogen and oxygen atoms in total. The molecule has 1 N–H and O–H groups in total. The van der Waals surface area contributed by atoms with Crippen LogP contribution in [-0.2, 0) is 21.1 Å². The van der Waals surface area contributed by atoms with Crippen LogP contribution in [0.3, 0.4) is 0 Å². The first kappa shape index (κ1) is 18.5. The van der Waals surface area contributed by atoms with Crippen LogP contribution in [0, 0.1) is 6.92 Å². The number of nitrogens with one attached hydrogen (secondary N) is 1. The van der Waals surface area contributed by atoms with Crippen LogP contribution in [-0.4, -0.2) is 30.3 Å². The molecule has 0 aliphatic heterocycles. The van der Waals surface area contributed by atoms with E-state index in [4.69, 9.17) is 0 Å². The van der Waals surface area contributed by atoms with Gasteiger partial charge in [-0.3, -0.25) is 4.79 Å². The quantitative estimate of drug-likeness (QED) is 0.775. The van der Waals surface area contributed by atoms with E-state index in [9.17, 15) is 13.2 Å². The van der Waals surface area contributed by atoms with Gasteiger partial charge in [-0.25, -0.2) is 8.42 Å². The van der Waals surface area contributed by atoms with Gasteiger partial charge in [0.15, 0.2) is 9.84 Å². The van der Waals surface area contributed by atoms with E-state index in [-0.39, 0.29) is 18.1 Å². The zero-order chi connectivity index (χ0) is 17.6. The van der Waals surface area contributed by atoms with E-state index in [1.165, 1.54) is 11.3 Å². The number of sulfone groups is 1. The fourth-order valence-electron chi connectivity index (χ4n) is 2.01. The lowest BCUT2D eigenvalue weighted by atomic mass is 10.2. The Morgan fingerprint density at radius 1 is 1.21 bits per heavy atom. The molecule has 1 aromatic heterocycles. The zero-order valence-electron chi connectivity index (χ0n) is 13.8. The highest BCUT2D eigenvalue weighted by Crippen LogP contribution is 2.19. The van der Waals surface area contributed by atoms with Gasteiger partial charge in [-0.1, -0.05) is 42.4 Å². The second-order valence-electron chi connectivity index (χ2n) is 5.53. The van der Waals surface area contributed by atoms with E-state index in [1.807, 2.05) is 13.8 Å². The summed E-state index contributed by atoms with van der Waals surface area (Å²) in [5.74, 6) is -0.124. The maximum Gasteiger partial charge on any atom is 0.226 e. The summed E-state index contributed by atoms with van der Waals surface area (Å²) in [5.41, 5.74) is 1.02. The summed E-state index contributed by atoms with van der Waals surface area (Å²) in [6.07, 6.45) is 2.50. The van der Waals surface area contributed by atoms with Crippen molar-refractivity contribution < 1.29 is 13.2 Å². The number of carbonyl (C=O) groups excluding carboxylic acids is 1. The first-order valence-electron chi connectivity index (χ1n) is 7.82. The first-order chi connectivity index (χ1) is 11.4. The molecule has 0 atom stereocenters. The lowest BCUT2D eigenvalue weighted by molar-refractivity contribution is -0.116. The van der Waals surface area contributed by atoms with Gasteiger partial charge >= 0.3 is 0 Å². The number of benzene rings is 1. The van der Waals surface area contributed by atoms with Crippen LogP contribution in [0.25, 0.3) is 0 Å². The van der Waals surface area contributed by atoms with E-state index in [2.05, 4.69) is 15.5 Å². The highest BCUT2D eigenvalue weighted by atomic mass is 32.2. The maximum atomic E-state index is 12.3. The summed E-state index contributed by atoms with van der Waals surface area (Å²) in [6.45, 7) is 3.93. The monoisotopic (exact) mass is 367 g/mol. The Balaban J connectivity index is 1.92. The molecular weight excluding hydrogens is 346 g/mol. The summed E-state index contributed by atoms with van der Waals surface area (Å²) in [7, 11) is -3.35. The van der Waals surface area contributed by atoms with E-state index in [1.54, 1.807) is 24.3 Å². The summed E-state index contributed by atoms with van der Waals surface area (Å²) in [5, 5.41) is 11.5. The number of anilines is 1. The number of aryl methyl sites for hydroxylation is 2. The summed E-state index contributed by atoms with van der Waals surface area (Å²) in [4.78, 5) is 12.0. The van der Waals surface area contributed by atoms with Gasteiger partial charge in [0.1, 0.15) is 5.01 Å². The Morgan fingerprint density at radius 3 is 2.58 bits per heavy atom. The molecule has 0 saturated heterocycles. The molecule has 0 aliphatic rings. The SMILES string of the molecule is CCCCC(=O)Nc1nnc(CCS(=O)(=O)c2ccc(C)cc2)s1. The Morgan fingerprint density at radius 2 is 1.92 bits per heavy atom. The van der Waals surface area contributed by atoms with Gasteiger partial charge < -0.3 is 5.32 Å². The smallest absolute Gasteiger partial charge is 0.226 e. The van der Waals surface area contributed by atoms with E-state index >= 15 is 0 Å². The van der Waals surface area contributed by atoms with Gasteiger partial charge in [-0.2, -0.15) is 0 Å². The molecule has 0 unspecified atom stereocenters. The Hall–Kier alpha value is -1.80. The van der Waals surface area contributed by atoms with Crippen LogP contribution in [0.5, 0.6) is 0 Å². The highest BCUT2D eigenvalue weighted by molar-refractivity contribution is 7.91. The van der Waals surface area contributed by atoms with Crippen molar-refractivity contribution in [3.8, 4) is 0 Å². The molecule has 24 heavy (non-hydrogen) atoms. The molecule has 2 aromatic rings. The molecule has 0 spiro atoms. The zero-order valence-corrected chi connectivity index (χ0v) is 15.4. The Bertz CT molecular complexity index is 783. The van der Waals surface area contributed by atoms with Crippen molar-refractivity contribution in [2.75, 3.05) is 11.1 Å². The fourth-order valence-corrected chi connectivity index (χ4v) is 4.14. The molecular formula is C16H21N3O3S2. The van der Waals surface area contributed by atoms with Gasteiger partial charge in [-0.15, -0.1) is 10.2 Å². The van der Waals surface area contributed by atoms with E-state index in [0.29, 0.717) is 21.5 Å². The third-order valence-corrected chi connectivity index (χ3v) is 6.07. The second kappa shape index (κ2) is 8.34. The molecule has 0 saturated carbocycles. The van der Waals surface area contributed by atoms with Gasteiger partial charge in [0.25, 0.3) is 0 Å². The van der Waals surface area contributed by atoms with Crippen molar-refractivity contribution in [3.05, 3.63) is 34.8 Å². The lowest BCUT2D eigenvalue weighted by Crippen LogP contribution is -2.10. The van der Waals surface area contributed by atoms with Crippen molar-refractivity contribution in [2.24, 2.45) is 0 Å². The first-order valence-corrected chi connectivity index (χ1v) is 10.3. The van der Waals surface area contributed by atoms with Crippen molar-refractivity contribution in [2.45, 2.75) is 44.4 Å². The molecule has 2 rings (SSSR count). The van der Waals surface area contributed by atoms with Crippen LogP contribution in [0.4, 0.5) is 5.13 Å². The molecule has 0 bridgehead atoms. The van der Waals surface area contributed by atoms with Crippen LogP contribution in [0.2, 0.25) is 0 Å². The third kappa shape index (κ3) is 5.38. The van der Waals surface area contributed by atoms with E-state index in [0.717, 1.165) is 18.4 Å². The van der Waals surface area contributed by atoms with Gasteiger partial charge in [-0.05, 0) is 25.5 Å².